The normalized spacial score (nSPS) is 33.5. The molecule has 1 aliphatic heterocycles. The van der Waals surface area contributed by atoms with E-state index in [1.54, 1.807) is 0 Å². The first-order valence-corrected chi connectivity index (χ1v) is 4.15. The molecule has 1 saturated heterocycles. The van der Waals surface area contributed by atoms with E-state index in [4.69, 9.17) is 5.11 Å². The van der Waals surface area contributed by atoms with Gasteiger partial charge >= 0.3 is 0 Å². The van der Waals surface area contributed by atoms with Crippen LogP contribution in [0, 0.1) is 0 Å². The smallest absolute Gasteiger partial charge is 0.114 e. The number of aliphatic hydroxyl groups is 1. The second-order valence-corrected chi connectivity index (χ2v) is 3.46. The second kappa shape index (κ2) is 3.50. The Bertz CT molecular complexity index is 129. The molecule has 0 amide bonds. The first kappa shape index (κ1) is 8.94. The Morgan fingerprint density at radius 2 is 2.27 bits per heavy atom. The Morgan fingerprint density at radius 1 is 1.64 bits per heavy atom. The lowest BCUT2D eigenvalue weighted by Crippen LogP contribution is -2.37. The largest absolute Gasteiger partial charge is 0.395 e. The Kier molecular flexibility index (Phi) is 2.84. The van der Waals surface area contributed by atoms with Gasteiger partial charge < -0.3 is 5.11 Å². The van der Waals surface area contributed by atoms with Gasteiger partial charge in [0.15, 0.2) is 0 Å². The van der Waals surface area contributed by atoms with E-state index in [1.165, 1.54) is 0 Å². The average Bonchev–Trinajstić information content (AvgIpc) is 2.30. The molecule has 0 radical (unpaired) electrons. The Labute approximate surface area is 67.0 Å². The van der Waals surface area contributed by atoms with Crippen molar-refractivity contribution in [2.45, 2.75) is 38.5 Å². The minimum Gasteiger partial charge on any atom is -0.395 e. The fraction of sp³-hybridized carbons (Fsp3) is 1.00. The minimum atomic E-state index is -0.741. The highest BCUT2D eigenvalue weighted by Gasteiger charge is 2.32. The van der Waals surface area contributed by atoms with Crippen LogP contribution in [0.15, 0.2) is 0 Å². The molecule has 0 aromatic heterocycles. The van der Waals surface area contributed by atoms with Crippen molar-refractivity contribution in [3.63, 3.8) is 0 Å². The molecule has 0 aliphatic carbocycles. The predicted molar refractivity (Wildman–Crippen MR) is 42.2 cm³/mol. The standard InChI is InChI=1S/C8H16FNO/c1-6(2)10-4-7(9)3-8(10)5-11/h6-8,11H,3-5H2,1-2H3/t7-,8+/m0/s1. The van der Waals surface area contributed by atoms with Crippen LogP contribution in [-0.4, -0.2) is 41.4 Å². The number of nitrogens with zero attached hydrogens (tertiary/aromatic N) is 1. The third kappa shape index (κ3) is 1.91. The van der Waals surface area contributed by atoms with Crippen molar-refractivity contribution in [2.24, 2.45) is 0 Å². The molecule has 1 heterocycles. The third-order valence-electron chi connectivity index (χ3n) is 2.28. The van der Waals surface area contributed by atoms with Crippen molar-refractivity contribution in [3.05, 3.63) is 0 Å². The molecule has 0 saturated carbocycles. The lowest BCUT2D eigenvalue weighted by Gasteiger charge is -2.26. The van der Waals surface area contributed by atoms with Crippen LogP contribution >= 0.6 is 0 Å². The number of hydrogen-bond donors (Lipinski definition) is 1. The highest BCUT2D eigenvalue weighted by atomic mass is 19.1. The number of aliphatic hydroxyl groups excluding tert-OH is 1. The summed E-state index contributed by atoms with van der Waals surface area (Å²) in [4.78, 5) is 2.02. The van der Waals surface area contributed by atoms with E-state index in [9.17, 15) is 4.39 Å². The van der Waals surface area contributed by atoms with Crippen molar-refractivity contribution in [1.82, 2.24) is 4.90 Å². The Morgan fingerprint density at radius 3 is 2.64 bits per heavy atom. The summed E-state index contributed by atoms with van der Waals surface area (Å²) >= 11 is 0. The van der Waals surface area contributed by atoms with E-state index in [2.05, 4.69) is 0 Å². The molecule has 0 bridgehead atoms. The van der Waals surface area contributed by atoms with Crippen LogP contribution in [0.25, 0.3) is 0 Å². The molecule has 1 aliphatic rings. The maximum Gasteiger partial charge on any atom is 0.114 e. The van der Waals surface area contributed by atoms with Crippen molar-refractivity contribution in [2.75, 3.05) is 13.2 Å². The molecular formula is C8H16FNO. The summed E-state index contributed by atoms with van der Waals surface area (Å²) in [5.41, 5.74) is 0. The van der Waals surface area contributed by atoms with Crippen LogP contribution in [-0.2, 0) is 0 Å². The maximum absolute atomic E-state index is 12.8. The number of alkyl halides is 1. The molecule has 1 fully saturated rings. The van der Waals surface area contributed by atoms with Gasteiger partial charge in [-0.3, -0.25) is 4.90 Å². The van der Waals surface area contributed by atoms with Crippen LogP contribution in [0.3, 0.4) is 0 Å². The predicted octanol–water partition coefficient (Wildman–Crippen LogP) is 0.800. The van der Waals surface area contributed by atoms with E-state index in [1.807, 2.05) is 18.7 Å². The van der Waals surface area contributed by atoms with Crippen molar-refractivity contribution < 1.29 is 9.50 Å². The fourth-order valence-corrected chi connectivity index (χ4v) is 1.69. The molecule has 0 aromatic carbocycles. The lowest BCUT2D eigenvalue weighted by atomic mass is 10.2. The van der Waals surface area contributed by atoms with Gasteiger partial charge in [0.2, 0.25) is 0 Å². The molecule has 2 atom stereocenters. The summed E-state index contributed by atoms with van der Waals surface area (Å²) in [5, 5.41) is 8.89. The molecule has 0 unspecified atom stereocenters. The van der Waals surface area contributed by atoms with Gasteiger partial charge in [0.1, 0.15) is 6.17 Å². The SMILES string of the molecule is CC(C)N1C[C@@H](F)C[C@@H]1CO. The summed E-state index contributed by atoms with van der Waals surface area (Å²) in [6.45, 7) is 4.63. The third-order valence-corrected chi connectivity index (χ3v) is 2.28. The van der Waals surface area contributed by atoms with E-state index in [-0.39, 0.29) is 12.6 Å². The van der Waals surface area contributed by atoms with Gasteiger partial charge in [0.05, 0.1) is 6.61 Å². The summed E-state index contributed by atoms with van der Waals surface area (Å²) < 4.78 is 12.8. The van der Waals surface area contributed by atoms with Gasteiger partial charge in [0.25, 0.3) is 0 Å². The van der Waals surface area contributed by atoms with Crippen LogP contribution < -0.4 is 0 Å². The monoisotopic (exact) mass is 161 g/mol. The van der Waals surface area contributed by atoms with Gasteiger partial charge in [0, 0.05) is 18.6 Å². The first-order valence-electron chi connectivity index (χ1n) is 4.15. The minimum absolute atomic E-state index is 0.0463. The van der Waals surface area contributed by atoms with E-state index >= 15 is 0 Å². The van der Waals surface area contributed by atoms with E-state index in [0.29, 0.717) is 19.0 Å². The molecule has 0 spiro atoms. The highest BCUT2D eigenvalue weighted by Crippen LogP contribution is 2.21. The maximum atomic E-state index is 12.8. The number of halogens is 1. The molecule has 1 N–H and O–H groups in total. The van der Waals surface area contributed by atoms with E-state index < -0.39 is 6.17 Å². The zero-order valence-electron chi connectivity index (χ0n) is 7.13. The van der Waals surface area contributed by atoms with Crippen molar-refractivity contribution in [3.8, 4) is 0 Å². The zero-order chi connectivity index (χ0) is 8.43. The molecule has 66 valence electrons. The summed E-state index contributed by atoms with van der Waals surface area (Å²) in [7, 11) is 0. The summed E-state index contributed by atoms with van der Waals surface area (Å²) in [6.07, 6.45) is -0.246. The highest BCUT2D eigenvalue weighted by molar-refractivity contribution is 4.86. The van der Waals surface area contributed by atoms with Gasteiger partial charge in [-0.05, 0) is 20.3 Å². The van der Waals surface area contributed by atoms with Crippen LogP contribution in [0.4, 0.5) is 4.39 Å². The number of hydrogen-bond acceptors (Lipinski definition) is 2. The molecule has 3 heteroatoms. The summed E-state index contributed by atoms with van der Waals surface area (Å²) in [5.74, 6) is 0. The number of rotatable bonds is 2. The van der Waals surface area contributed by atoms with Gasteiger partial charge in [-0.15, -0.1) is 0 Å². The van der Waals surface area contributed by atoms with Crippen molar-refractivity contribution in [1.29, 1.82) is 0 Å². The van der Waals surface area contributed by atoms with Gasteiger partial charge in [-0.2, -0.15) is 0 Å². The quantitative estimate of drug-likeness (QED) is 0.647. The first-order chi connectivity index (χ1) is 5.15. The summed E-state index contributed by atoms with van der Waals surface area (Å²) in [6, 6.07) is 0.387. The molecule has 1 rings (SSSR count). The fourth-order valence-electron chi connectivity index (χ4n) is 1.69. The van der Waals surface area contributed by atoms with E-state index in [0.717, 1.165) is 0 Å². The molecule has 11 heavy (non-hydrogen) atoms. The molecular weight excluding hydrogens is 145 g/mol. The topological polar surface area (TPSA) is 23.5 Å². The number of likely N-dealkylation sites (tertiary alicyclic amines) is 1. The van der Waals surface area contributed by atoms with Gasteiger partial charge in [-0.25, -0.2) is 4.39 Å². The van der Waals surface area contributed by atoms with Crippen LogP contribution in [0.5, 0.6) is 0 Å². The van der Waals surface area contributed by atoms with Crippen LogP contribution in [0.1, 0.15) is 20.3 Å². The molecule has 2 nitrogen and oxygen atoms in total. The second-order valence-electron chi connectivity index (χ2n) is 3.46. The van der Waals surface area contributed by atoms with Crippen molar-refractivity contribution >= 4 is 0 Å². The van der Waals surface area contributed by atoms with Gasteiger partial charge in [-0.1, -0.05) is 0 Å². The zero-order valence-corrected chi connectivity index (χ0v) is 7.13. The Balaban J connectivity index is 2.50. The average molecular weight is 161 g/mol. The van der Waals surface area contributed by atoms with Crippen LogP contribution in [0.2, 0.25) is 0 Å². The Hall–Kier alpha value is -0.150. The molecule has 0 aromatic rings. The lowest BCUT2D eigenvalue weighted by molar-refractivity contribution is 0.132.